The first-order valence-electron chi connectivity index (χ1n) is 10.7. The van der Waals surface area contributed by atoms with E-state index >= 15 is 0 Å². The van der Waals surface area contributed by atoms with Gasteiger partial charge < -0.3 is 20.5 Å². The molecule has 2 amide bonds. The molecule has 0 fully saturated rings. The summed E-state index contributed by atoms with van der Waals surface area (Å²) < 4.78 is 11.1. The highest BCUT2D eigenvalue weighted by atomic mass is 32.1. The van der Waals surface area contributed by atoms with E-state index < -0.39 is 11.8 Å². The molecular weight excluding hydrogens is 426 g/mol. The number of nitrogens with zero attached hydrogens (tertiary/aromatic N) is 1. The van der Waals surface area contributed by atoms with Crippen LogP contribution in [0.4, 0.5) is 5.00 Å². The Kier molecular flexibility index (Phi) is 7.90. The van der Waals surface area contributed by atoms with Crippen molar-refractivity contribution in [2.45, 2.75) is 45.4 Å². The molecule has 0 aliphatic heterocycles. The Morgan fingerprint density at radius 1 is 1.28 bits per heavy atom. The summed E-state index contributed by atoms with van der Waals surface area (Å²) in [5.74, 6) is -0.0186. The first-order chi connectivity index (χ1) is 15.5. The van der Waals surface area contributed by atoms with Gasteiger partial charge in [0.2, 0.25) is 0 Å². The molecule has 1 aliphatic carbocycles. The molecule has 3 N–H and O–H groups in total. The molecule has 7 nitrogen and oxygen atoms in total. The molecule has 2 aromatic rings. The van der Waals surface area contributed by atoms with E-state index in [0.717, 1.165) is 49.0 Å². The van der Waals surface area contributed by atoms with Gasteiger partial charge in [-0.1, -0.05) is 19.4 Å². The van der Waals surface area contributed by atoms with Gasteiger partial charge in [0, 0.05) is 4.88 Å². The van der Waals surface area contributed by atoms with Gasteiger partial charge in [-0.3, -0.25) is 9.59 Å². The third-order valence-corrected chi connectivity index (χ3v) is 6.47. The lowest BCUT2D eigenvalue weighted by Crippen LogP contribution is -2.19. The molecule has 0 atom stereocenters. The molecule has 32 heavy (non-hydrogen) atoms. The lowest BCUT2D eigenvalue weighted by atomic mass is 9.95. The number of fused-ring (bicyclic) bond motifs is 1. The highest BCUT2D eigenvalue weighted by molar-refractivity contribution is 7.17. The zero-order valence-corrected chi connectivity index (χ0v) is 19.1. The van der Waals surface area contributed by atoms with Crippen LogP contribution in [0, 0.1) is 11.3 Å². The third-order valence-electron chi connectivity index (χ3n) is 5.26. The van der Waals surface area contributed by atoms with Gasteiger partial charge in [0.15, 0.2) is 11.5 Å². The molecule has 0 saturated heterocycles. The largest absolute Gasteiger partial charge is 0.493 e. The number of rotatable bonds is 9. The van der Waals surface area contributed by atoms with Crippen molar-refractivity contribution in [2.75, 3.05) is 19.0 Å². The number of benzene rings is 1. The van der Waals surface area contributed by atoms with Crippen LogP contribution in [-0.2, 0) is 17.6 Å². The minimum absolute atomic E-state index is 0.0866. The first kappa shape index (κ1) is 23.4. The summed E-state index contributed by atoms with van der Waals surface area (Å²) in [6.45, 7) is 2.62. The lowest BCUT2D eigenvalue weighted by molar-refractivity contribution is -0.112. The van der Waals surface area contributed by atoms with Gasteiger partial charge in [-0.15, -0.1) is 11.3 Å². The van der Waals surface area contributed by atoms with Crippen LogP contribution in [0.3, 0.4) is 0 Å². The summed E-state index contributed by atoms with van der Waals surface area (Å²) in [6, 6.07) is 7.16. The third kappa shape index (κ3) is 5.29. The van der Waals surface area contributed by atoms with E-state index in [1.54, 1.807) is 25.3 Å². The van der Waals surface area contributed by atoms with E-state index in [4.69, 9.17) is 15.2 Å². The number of thiophene rings is 1. The smallest absolute Gasteiger partial charge is 0.266 e. The Morgan fingerprint density at radius 2 is 2.06 bits per heavy atom. The summed E-state index contributed by atoms with van der Waals surface area (Å²) >= 11 is 1.37. The minimum Gasteiger partial charge on any atom is -0.493 e. The monoisotopic (exact) mass is 453 g/mol. The number of nitrogens with one attached hydrogen (secondary N) is 1. The van der Waals surface area contributed by atoms with Crippen LogP contribution in [0.15, 0.2) is 23.8 Å². The zero-order valence-electron chi connectivity index (χ0n) is 18.3. The molecule has 0 radical (unpaired) electrons. The predicted molar refractivity (Wildman–Crippen MR) is 125 cm³/mol. The van der Waals surface area contributed by atoms with Crippen molar-refractivity contribution in [1.82, 2.24) is 0 Å². The standard InChI is InChI=1S/C24H27N3O4S/c1-3-4-11-31-19-13-15(9-10-18(19)30-2)12-16(14-25)23(29)27-24-21(22(26)28)17-7-5-6-8-20(17)32-24/h9-10,12-13H,3-8,11H2,1-2H3,(H2,26,28)(H,27,29)/b16-12+. The number of hydrogen-bond donors (Lipinski definition) is 2. The van der Waals surface area contributed by atoms with Crippen molar-refractivity contribution in [2.24, 2.45) is 5.73 Å². The topological polar surface area (TPSA) is 114 Å². The molecule has 168 valence electrons. The maximum absolute atomic E-state index is 12.9. The van der Waals surface area contributed by atoms with Crippen LogP contribution >= 0.6 is 11.3 Å². The van der Waals surface area contributed by atoms with Crippen LogP contribution in [0.1, 0.15) is 59.0 Å². The highest BCUT2D eigenvalue weighted by Gasteiger charge is 2.25. The quantitative estimate of drug-likeness (QED) is 0.330. The molecule has 0 bridgehead atoms. The predicted octanol–water partition coefficient (Wildman–Crippen LogP) is 4.46. The second-order valence-electron chi connectivity index (χ2n) is 7.52. The summed E-state index contributed by atoms with van der Waals surface area (Å²) in [5, 5.41) is 12.7. The van der Waals surface area contributed by atoms with E-state index in [-0.39, 0.29) is 5.57 Å². The number of methoxy groups -OCH3 is 1. The number of nitrogens with two attached hydrogens (primary N) is 1. The average Bonchev–Trinajstić information content (AvgIpc) is 3.15. The number of hydrogen-bond acceptors (Lipinski definition) is 6. The Hall–Kier alpha value is -3.31. The molecule has 1 aromatic heterocycles. The number of primary amides is 1. The summed E-state index contributed by atoms with van der Waals surface area (Å²) in [4.78, 5) is 26.0. The van der Waals surface area contributed by atoms with E-state index in [2.05, 4.69) is 12.2 Å². The van der Waals surface area contributed by atoms with Crippen molar-refractivity contribution < 1.29 is 19.1 Å². The van der Waals surface area contributed by atoms with Crippen LogP contribution < -0.4 is 20.5 Å². The Morgan fingerprint density at radius 3 is 2.75 bits per heavy atom. The maximum Gasteiger partial charge on any atom is 0.266 e. The lowest BCUT2D eigenvalue weighted by Gasteiger charge is -2.11. The van der Waals surface area contributed by atoms with Crippen molar-refractivity contribution in [3.05, 3.63) is 45.3 Å². The highest BCUT2D eigenvalue weighted by Crippen LogP contribution is 2.38. The molecule has 0 spiro atoms. The minimum atomic E-state index is -0.585. The van der Waals surface area contributed by atoms with Gasteiger partial charge in [-0.25, -0.2) is 0 Å². The van der Waals surface area contributed by atoms with Crippen LogP contribution in [-0.4, -0.2) is 25.5 Å². The number of carbonyl (C=O) groups excluding carboxylic acids is 2. The van der Waals surface area contributed by atoms with Crippen LogP contribution in [0.25, 0.3) is 6.08 Å². The van der Waals surface area contributed by atoms with Gasteiger partial charge in [0.1, 0.15) is 16.6 Å². The van der Waals surface area contributed by atoms with E-state index in [1.165, 1.54) is 17.4 Å². The van der Waals surface area contributed by atoms with Crippen LogP contribution in [0.2, 0.25) is 0 Å². The maximum atomic E-state index is 12.9. The number of unbranched alkanes of at least 4 members (excludes halogenated alkanes) is 1. The Bertz CT molecular complexity index is 1080. The summed E-state index contributed by atoms with van der Waals surface area (Å²) in [7, 11) is 1.56. The SMILES string of the molecule is CCCCOc1cc(/C=C(\C#N)C(=O)Nc2sc3c(c2C(N)=O)CCCC3)ccc1OC. The van der Waals surface area contributed by atoms with Gasteiger partial charge in [-0.05, 0) is 61.4 Å². The number of anilines is 1. The fourth-order valence-corrected chi connectivity index (χ4v) is 4.91. The molecule has 1 heterocycles. The van der Waals surface area contributed by atoms with Crippen molar-refractivity contribution >= 4 is 34.2 Å². The Labute approximate surface area is 191 Å². The van der Waals surface area contributed by atoms with Crippen LogP contribution in [0.5, 0.6) is 11.5 Å². The molecule has 3 rings (SSSR count). The second-order valence-corrected chi connectivity index (χ2v) is 8.62. The molecule has 1 aromatic carbocycles. The Balaban J connectivity index is 1.85. The number of aryl methyl sites for hydroxylation is 1. The first-order valence-corrected chi connectivity index (χ1v) is 11.5. The summed E-state index contributed by atoms with van der Waals surface area (Å²) in [6.07, 6.45) is 7.06. The molecular formula is C24H27N3O4S. The molecule has 1 aliphatic rings. The zero-order chi connectivity index (χ0) is 23.1. The van der Waals surface area contributed by atoms with Gasteiger partial charge in [0.05, 0.1) is 19.3 Å². The van der Waals surface area contributed by atoms with E-state index in [0.29, 0.717) is 34.2 Å². The van der Waals surface area contributed by atoms with E-state index in [9.17, 15) is 14.9 Å². The number of carbonyl (C=O) groups is 2. The van der Waals surface area contributed by atoms with E-state index in [1.807, 2.05) is 6.07 Å². The van der Waals surface area contributed by atoms with Crippen molar-refractivity contribution in [3.8, 4) is 17.6 Å². The van der Waals surface area contributed by atoms with Gasteiger partial charge in [-0.2, -0.15) is 5.26 Å². The fourth-order valence-electron chi connectivity index (χ4n) is 3.62. The molecule has 0 saturated carbocycles. The van der Waals surface area contributed by atoms with Gasteiger partial charge in [0.25, 0.3) is 11.8 Å². The molecule has 0 unspecified atom stereocenters. The number of nitriles is 1. The van der Waals surface area contributed by atoms with Gasteiger partial charge >= 0.3 is 0 Å². The van der Waals surface area contributed by atoms with Crippen molar-refractivity contribution in [3.63, 3.8) is 0 Å². The second kappa shape index (κ2) is 10.8. The normalized spacial score (nSPS) is 13.1. The molecule has 8 heteroatoms. The average molecular weight is 454 g/mol. The fraction of sp³-hybridized carbons (Fsp3) is 0.375. The number of ether oxygens (including phenoxy) is 2. The summed E-state index contributed by atoms with van der Waals surface area (Å²) in [5.41, 5.74) is 7.43. The van der Waals surface area contributed by atoms with Crippen molar-refractivity contribution in [1.29, 1.82) is 5.26 Å². The number of amides is 2.